The molecule has 0 saturated heterocycles. The van der Waals surface area contributed by atoms with Crippen LogP contribution < -0.4 is 15.5 Å². The largest absolute Gasteiger partial charge is 0.494 e. The zero-order valence-electron chi connectivity index (χ0n) is 15.1. The van der Waals surface area contributed by atoms with E-state index in [1.807, 2.05) is 24.3 Å². The zero-order valence-corrected chi connectivity index (χ0v) is 15.9. The summed E-state index contributed by atoms with van der Waals surface area (Å²) in [5.41, 5.74) is 4.41. The Kier molecular flexibility index (Phi) is 5.66. The highest BCUT2D eigenvalue weighted by Crippen LogP contribution is 2.25. The first-order valence-corrected chi connectivity index (χ1v) is 9.09. The van der Waals surface area contributed by atoms with Gasteiger partial charge in [0, 0.05) is 5.56 Å². The van der Waals surface area contributed by atoms with Crippen LogP contribution in [0.15, 0.2) is 47.6 Å². The third-order valence-electron chi connectivity index (χ3n) is 3.93. The van der Waals surface area contributed by atoms with Crippen LogP contribution in [0, 0.1) is 5.82 Å². The van der Waals surface area contributed by atoms with E-state index in [1.165, 1.54) is 30.6 Å². The van der Waals surface area contributed by atoms with Crippen LogP contribution >= 0.6 is 11.3 Å². The molecular formula is C19H19FN4O2S. The smallest absolute Gasteiger partial charge is 0.262 e. The van der Waals surface area contributed by atoms with Gasteiger partial charge in [-0.3, -0.25) is 4.79 Å². The van der Waals surface area contributed by atoms with Gasteiger partial charge in [-0.25, -0.2) is 14.8 Å². The maximum absolute atomic E-state index is 13.8. The van der Waals surface area contributed by atoms with Crippen molar-refractivity contribution in [1.82, 2.24) is 10.4 Å². The van der Waals surface area contributed by atoms with Gasteiger partial charge in [-0.05, 0) is 44.2 Å². The first kappa shape index (κ1) is 18.8. The molecule has 6 nitrogen and oxygen atoms in total. The number of carbonyl (C=O) groups is 1. The molecule has 2 aromatic carbocycles. The van der Waals surface area contributed by atoms with Crippen LogP contribution in [-0.4, -0.2) is 29.8 Å². The molecule has 0 fully saturated rings. The molecule has 3 aromatic rings. The van der Waals surface area contributed by atoms with Crippen LogP contribution in [-0.2, 0) is 4.79 Å². The second-order valence-electron chi connectivity index (χ2n) is 5.88. The van der Waals surface area contributed by atoms with Crippen LogP contribution in [0.25, 0.3) is 10.2 Å². The number of thiazole rings is 1. The van der Waals surface area contributed by atoms with Gasteiger partial charge in [0.15, 0.2) is 16.7 Å². The number of rotatable bonds is 6. The highest BCUT2D eigenvalue weighted by atomic mass is 32.1. The van der Waals surface area contributed by atoms with E-state index < -0.39 is 11.9 Å². The summed E-state index contributed by atoms with van der Waals surface area (Å²) in [6, 6.07) is 11.7. The lowest BCUT2D eigenvalue weighted by Gasteiger charge is -2.11. The van der Waals surface area contributed by atoms with Crippen molar-refractivity contribution in [2.24, 2.45) is 5.10 Å². The average molecular weight is 386 g/mol. The van der Waals surface area contributed by atoms with Gasteiger partial charge in [0.2, 0.25) is 0 Å². The number of aromatic nitrogens is 1. The SMILES string of the molecule is COc1ccc(/C(C)=N\NC(=O)[C@H](C)Nc2nc3ccccc3s2)cc1F. The van der Waals surface area contributed by atoms with Gasteiger partial charge in [-0.2, -0.15) is 5.10 Å². The third kappa shape index (κ3) is 4.40. The quantitative estimate of drug-likeness (QED) is 0.499. The van der Waals surface area contributed by atoms with E-state index in [-0.39, 0.29) is 11.7 Å². The van der Waals surface area contributed by atoms with E-state index in [0.29, 0.717) is 16.4 Å². The van der Waals surface area contributed by atoms with Gasteiger partial charge in [-0.1, -0.05) is 23.5 Å². The minimum absolute atomic E-state index is 0.157. The molecule has 27 heavy (non-hydrogen) atoms. The second-order valence-corrected chi connectivity index (χ2v) is 6.91. The number of hydrogen-bond donors (Lipinski definition) is 2. The normalized spacial score (nSPS) is 12.7. The fourth-order valence-corrected chi connectivity index (χ4v) is 3.33. The van der Waals surface area contributed by atoms with Crippen LogP contribution in [0.3, 0.4) is 0 Å². The lowest BCUT2D eigenvalue weighted by molar-refractivity contribution is -0.121. The number of amides is 1. The number of halogens is 1. The second kappa shape index (κ2) is 8.13. The number of fused-ring (bicyclic) bond motifs is 1. The van der Waals surface area contributed by atoms with Gasteiger partial charge < -0.3 is 10.1 Å². The van der Waals surface area contributed by atoms with Gasteiger partial charge in [0.05, 0.1) is 23.0 Å². The zero-order chi connectivity index (χ0) is 19.4. The van der Waals surface area contributed by atoms with Crippen LogP contribution in [0.2, 0.25) is 0 Å². The summed E-state index contributed by atoms with van der Waals surface area (Å²) in [6.07, 6.45) is 0. The molecule has 0 radical (unpaired) electrons. The summed E-state index contributed by atoms with van der Waals surface area (Å²) < 4.78 is 19.7. The Morgan fingerprint density at radius 3 is 2.78 bits per heavy atom. The van der Waals surface area contributed by atoms with Crippen LogP contribution in [0.1, 0.15) is 19.4 Å². The molecule has 1 amide bonds. The molecule has 0 spiro atoms. The van der Waals surface area contributed by atoms with E-state index in [1.54, 1.807) is 19.9 Å². The van der Waals surface area contributed by atoms with Gasteiger partial charge >= 0.3 is 0 Å². The Morgan fingerprint density at radius 1 is 1.30 bits per heavy atom. The van der Waals surface area contributed by atoms with Crippen molar-refractivity contribution in [3.8, 4) is 5.75 Å². The molecule has 1 atom stereocenters. The van der Waals surface area contributed by atoms with Crippen molar-refractivity contribution in [1.29, 1.82) is 0 Å². The number of ether oxygens (including phenoxy) is 1. The number of para-hydroxylation sites is 1. The molecule has 0 aliphatic carbocycles. The molecule has 2 N–H and O–H groups in total. The molecule has 0 aliphatic rings. The molecular weight excluding hydrogens is 367 g/mol. The molecule has 0 bridgehead atoms. The van der Waals surface area contributed by atoms with Crippen molar-refractivity contribution in [3.05, 3.63) is 53.8 Å². The minimum Gasteiger partial charge on any atom is -0.494 e. The summed E-state index contributed by atoms with van der Waals surface area (Å²) in [7, 11) is 1.40. The molecule has 3 rings (SSSR count). The molecule has 0 saturated carbocycles. The van der Waals surface area contributed by atoms with E-state index >= 15 is 0 Å². The fraction of sp³-hybridized carbons (Fsp3) is 0.211. The summed E-state index contributed by atoms with van der Waals surface area (Å²) in [5.74, 6) is -0.645. The Labute approximate surface area is 160 Å². The number of nitrogens with one attached hydrogen (secondary N) is 2. The first-order chi connectivity index (χ1) is 13.0. The highest BCUT2D eigenvalue weighted by Gasteiger charge is 2.14. The van der Waals surface area contributed by atoms with Crippen molar-refractivity contribution < 1.29 is 13.9 Å². The van der Waals surface area contributed by atoms with Crippen LogP contribution in [0.4, 0.5) is 9.52 Å². The number of benzene rings is 2. The summed E-state index contributed by atoms with van der Waals surface area (Å²) in [5, 5.41) is 7.78. The number of hydrazone groups is 1. The Bertz CT molecular complexity index is 969. The van der Waals surface area contributed by atoms with Crippen molar-refractivity contribution in [2.75, 3.05) is 12.4 Å². The number of anilines is 1. The van der Waals surface area contributed by atoms with Crippen molar-refractivity contribution >= 4 is 38.3 Å². The van der Waals surface area contributed by atoms with E-state index in [2.05, 4.69) is 20.8 Å². The minimum atomic E-state index is -0.533. The molecule has 140 valence electrons. The number of carbonyl (C=O) groups excluding carboxylic acids is 1. The molecule has 1 aromatic heterocycles. The lowest BCUT2D eigenvalue weighted by Crippen LogP contribution is -2.35. The predicted molar refractivity (Wildman–Crippen MR) is 106 cm³/mol. The monoisotopic (exact) mass is 386 g/mol. The van der Waals surface area contributed by atoms with Crippen molar-refractivity contribution in [3.63, 3.8) is 0 Å². The summed E-state index contributed by atoms with van der Waals surface area (Å²) in [6.45, 7) is 3.41. The maximum Gasteiger partial charge on any atom is 0.262 e. The number of nitrogens with zero attached hydrogens (tertiary/aromatic N) is 2. The van der Waals surface area contributed by atoms with Gasteiger partial charge in [-0.15, -0.1) is 0 Å². The number of hydrogen-bond acceptors (Lipinski definition) is 6. The lowest BCUT2D eigenvalue weighted by atomic mass is 10.1. The molecule has 8 heteroatoms. The van der Waals surface area contributed by atoms with Gasteiger partial charge in [0.1, 0.15) is 6.04 Å². The van der Waals surface area contributed by atoms with Crippen molar-refractivity contribution in [2.45, 2.75) is 19.9 Å². The van der Waals surface area contributed by atoms with Gasteiger partial charge in [0.25, 0.3) is 5.91 Å². The van der Waals surface area contributed by atoms with Crippen LogP contribution in [0.5, 0.6) is 5.75 Å². The number of methoxy groups -OCH3 is 1. The maximum atomic E-state index is 13.8. The standard InChI is InChI=1S/C19H19FN4O2S/c1-11(13-8-9-16(26-3)14(20)10-13)23-24-18(25)12(2)21-19-22-15-6-4-5-7-17(15)27-19/h4-10,12H,1-3H3,(H,21,22)(H,24,25)/b23-11-/t12-/m0/s1. The molecule has 0 aliphatic heterocycles. The third-order valence-corrected chi connectivity index (χ3v) is 4.90. The first-order valence-electron chi connectivity index (χ1n) is 8.28. The summed E-state index contributed by atoms with van der Waals surface area (Å²) in [4.78, 5) is 16.7. The Hall–Kier alpha value is -3.00. The summed E-state index contributed by atoms with van der Waals surface area (Å²) >= 11 is 1.48. The topological polar surface area (TPSA) is 75.6 Å². The molecule has 1 heterocycles. The van der Waals surface area contributed by atoms with E-state index in [9.17, 15) is 9.18 Å². The Balaban J connectivity index is 1.63. The predicted octanol–water partition coefficient (Wildman–Crippen LogP) is 3.78. The fourth-order valence-electron chi connectivity index (χ4n) is 2.38. The Morgan fingerprint density at radius 2 is 2.07 bits per heavy atom. The van der Waals surface area contributed by atoms with E-state index in [4.69, 9.17) is 4.74 Å². The molecule has 0 unspecified atom stereocenters. The highest BCUT2D eigenvalue weighted by molar-refractivity contribution is 7.22. The van der Waals surface area contributed by atoms with E-state index in [0.717, 1.165) is 10.2 Å². The average Bonchev–Trinajstić information content (AvgIpc) is 3.07.